The Hall–Kier alpha value is -5.09. The molecular formula is C52H48IrN4-2. The summed E-state index contributed by atoms with van der Waals surface area (Å²) in [4.78, 5) is 10.1. The molecule has 0 saturated heterocycles. The van der Waals surface area contributed by atoms with Gasteiger partial charge in [0, 0.05) is 59.4 Å². The van der Waals surface area contributed by atoms with E-state index in [0.29, 0.717) is 0 Å². The number of fused-ring (bicyclic) bond motifs is 8. The summed E-state index contributed by atoms with van der Waals surface area (Å²) in [5.74, 6) is 0.950. The minimum Gasteiger partial charge on any atom is -0.336 e. The molecule has 0 bridgehead atoms. The van der Waals surface area contributed by atoms with Crippen molar-refractivity contribution in [2.24, 2.45) is 0 Å². The van der Waals surface area contributed by atoms with Gasteiger partial charge in [0.05, 0.1) is 11.3 Å². The molecule has 0 fully saturated rings. The van der Waals surface area contributed by atoms with E-state index < -0.39 is 0 Å². The van der Waals surface area contributed by atoms with Crippen molar-refractivity contribution in [2.75, 3.05) is 0 Å². The molecule has 1 unspecified atom stereocenters. The van der Waals surface area contributed by atoms with Gasteiger partial charge in [-0.15, -0.1) is 35.0 Å². The van der Waals surface area contributed by atoms with Crippen LogP contribution in [0.5, 0.6) is 0 Å². The Bertz CT molecular complexity index is 2990. The molecule has 5 heterocycles. The predicted molar refractivity (Wildman–Crippen MR) is 233 cm³/mol. The second kappa shape index (κ2) is 13.0. The van der Waals surface area contributed by atoms with E-state index >= 15 is 0 Å². The number of hydrogen-bond donors (Lipinski definition) is 0. The first kappa shape index (κ1) is 37.5. The van der Waals surface area contributed by atoms with Gasteiger partial charge in [-0.05, 0) is 69.3 Å². The molecule has 5 aromatic carbocycles. The number of pyridine rings is 2. The van der Waals surface area contributed by atoms with Crippen molar-refractivity contribution >= 4 is 49.1 Å². The van der Waals surface area contributed by atoms with Crippen LogP contribution in [0.3, 0.4) is 0 Å². The maximum absolute atomic E-state index is 5.47. The summed E-state index contributed by atoms with van der Waals surface area (Å²) in [6.45, 7) is 18.9. The Balaban J connectivity index is 0.000000155. The first-order valence-electron chi connectivity index (χ1n) is 20.1. The van der Waals surface area contributed by atoms with E-state index in [0.717, 1.165) is 40.9 Å². The molecule has 1 aliphatic heterocycles. The average Bonchev–Trinajstić information content (AvgIpc) is 3.77. The van der Waals surface area contributed by atoms with E-state index in [-0.39, 0.29) is 41.8 Å². The smallest absolute Gasteiger partial charge is 0.135 e. The molecule has 5 heteroatoms. The Morgan fingerprint density at radius 2 is 1.37 bits per heavy atom. The number of aromatic nitrogens is 4. The largest absolute Gasteiger partial charge is 0.336 e. The van der Waals surface area contributed by atoms with Crippen LogP contribution in [0.4, 0.5) is 0 Å². The number of imidazole rings is 1. The van der Waals surface area contributed by atoms with Crippen LogP contribution in [0.25, 0.3) is 66.2 Å². The standard InChI is InChI=1S/C31H29N2.C21H19N2.Ir/c1-29(2)17-18-31(5)27-25(22-13-8-9-15-23(22)29)32-28-21-12-7-6-11-19(21)20-14-10-16-24(30(31,3)4)26(20)33(27)28;1-21(2,3)15-12-13-22-20(14-15)23-18-10-6-4-8-16(18)17-9-5-7-11-19(17)23;/h6-11,13-16H,17-18H2,1-5H3;4-10,12-14H,1-3H3;/q2*-1;. The van der Waals surface area contributed by atoms with Gasteiger partial charge in [0.2, 0.25) is 0 Å². The van der Waals surface area contributed by atoms with Gasteiger partial charge in [-0.1, -0.05) is 127 Å². The van der Waals surface area contributed by atoms with Gasteiger partial charge >= 0.3 is 0 Å². The molecule has 11 rings (SSSR count). The van der Waals surface area contributed by atoms with E-state index in [9.17, 15) is 0 Å². The number of para-hydroxylation sites is 3. The van der Waals surface area contributed by atoms with Gasteiger partial charge in [0.15, 0.2) is 0 Å². The molecule has 57 heavy (non-hydrogen) atoms. The molecule has 0 amide bonds. The molecule has 1 aliphatic carbocycles. The normalized spacial score (nSPS) is 17.9. The quantitative estimate of drug-likeness (QED) is 0.121. The summed E-state index contributed by atoms with van der Waals surface area (Å²) < 4.78 is 4.72. The summed E-state index contributed by atoms with van der Waals surface area (Å²) in [5.41, 5.74) is 12.7. The fourth-order valence-corrected chi connectivity index (χ4v) is 9.95. The van der Waals surface area contributed by atoms with Crippen LogP contribution in [-0.4, -0.2) is 18.9 Å². The van der Waals surface area contributed by atoms with Gasteiger partial charge in [0.1, 0.15) is 5.82 Å². The van der Waals surface area contributed by atoms with Crippen molar-refractivity contribution in [2.45, 2.75) is 89.9 Å². The van der Waals surface area contributed by atoms with E-state index in [1.165, 1.54) is 60.5 Å². The van der Waals surface area contributed by atoms with Crippen LogP contribution in [0, 0.1) is 12.1 Å². The summed E-state index contributed by atoms with van der Waals surface area (Å²) in [5, 5.41) is 6.12. The van der Waals surface area contributed by atoms with E-state index in [2.05, 4.69) is 179 Å². The maximum Gasteiger partial charge on any atom is 0.135 e. The zero-order valence-electron chi connectivity index (χ0n) is 34.1. The topological polar surface area (TPSA) is 35.1 Å². The molecule has 9 aromatic rings. The van der Waals surface area contributed by atoms with Crippen LogP contribution in [0.1, 0.15) is 90.6 Å². The predicted octanol–water partition coefficient (Wildman–Crippen LogP) is 13.0. The Labute approximate surface area is 349 Å². The van der Waals surface area contributed by atoms with Crippen molar-refractivity contribution < 1.29 is 20.1 Å². The van der Waals surface area contributed by atoms with Crippen molar-refractivity contribution in [3.8, 4) is 17.1 Å². The van der Waals surface area contributed by atoms with Crippen LogP contribution < -0.4 is 0 Å². The third-order valence-corrected chi connectivity index (χ3v) is 13.6. The van der Waals surface area contributed by atoms with Crippen molar-refractivity contribution in [3.05, 3.63) is 156 Å². The number of benzene rings is 5. The fourth-order valence-electron chi connectivity index (χ4n) is 9.95. The Morgan fingerprint density at radius 1 is 0.684 bits per heavy atom. The molecule has 1 radical (unpaired) electrons. The number of rotatable bonds is 1. The van der Waals surface area contributed by atoms with E-state index in [1.54, 1.807) is 0 Å². The summed E-state index contributed by atoms with van der Waals surface area (Å²) in [6, 6.07) is 48.0. The van der Waals surface area contributed by atoms with E-state index in [1.807, 2.05) is 24.4 Å². The Morgan fingerprint density at radius 3 is 2.18 bits per heavy atom. The van der Waals surface area contributed by atoms with Gasteiger partial charge < -0.3 is 8.97 Å². The fraction of sp³-hybridized carbons (Fsp3) is 0.269. The molecular weight excluding hydrogens is 873 g/mol. The SMILES string of the molecule is CC(C)(C)c1ccnc(-n2c3[c-]cccc3c3ccccc32)c1.CC1(C)CCC2(C)c3c(nc4c5[c-]cccc5c5cccc(c5n34)C2(C)C)-c2ccccc21.[Ir]. The van der Waals surface area contributed by atoms with E-state index in [4.69, 9.17) is 4.98 Å². The molecule has 4 nitrogen and oxygen atoms in total. The number of nitrogens with zero attached hydrogens (tertiary/aromatic N) is 4. The van der Waals surface area contributed by atoms with Gasteiger partial charge in [-0.3, -0.25) is 4.98 Å². The van der Waals surface area contributed by atoms with Crippen LogP contribution in [0.2, 0.25) is 0 Å². The molecule has 287 valence electrons. The first-order valence-corrected chi connectivity index (χ1v) is 20.1. The third kappa shape index (κ3) is 5.35. The van der Waals surface area contributed by atoms with Gasteiger partial charge in [-0.25, -0.2) is 4.98 Å². The second-order valence-corrected chi connectivity index (χ2v) is 18.5. The molecule has 4 aromatic heterocycles. The summed E-state index contributed by atoms with van der Waals surface area (Å²) in [6.07, 6.45) is 4.16. The zero-order valence-corrected chi connectivity index (χ0v) is 36.5. The second-order valence-electron chi connectivity index (χ2n) is 18.5. The van der Waals surface area contributed by atoms with Crippen molar-refractivity contribution in [1.29, 1.82) is 0 Å². The molecule has 0 N–H and O–H groups in total. The minimum absolute atomic E-state index is 0. The maximum atomic E-state index is 5.47. The molecule has 0 spiro atoms. The van der Waals surface area contributed by atoms with Crippen molar-refractivity contribution in [1.82, 2.24) is 18.9 Å². The number of hydrogen-bond acceptors (Lipinski definition) is 2. The van der Waals surface area contributed by atoms with Crippen molar-refractivity contribution in [3.63, 3.8) is 0 Å². The first-order chi connectivity index (χ1) is 26.8. The van der Waals surface area contributed by atoms with Crippen LogP contribution in [-0.2, 0) is 41.8 Å². The van der Waals surface area contributed by atoms with Crippen LogP contribution in [0.15, 0.2) is 121 Å². The third-order valence-electron chi connectivity index (χ3n) is 13.6. The monoisotopic (exact) mass is 921 g/mol. The summed E-state index contributed by atoms with van der Waals surface area (Å²) in [7, 11) is 0. The molecule has 1 atom stereocenters. The minimum atomic E-state index is -0.0453. The summed E-state index contributed by atoms with van der Waals surface area (Å²) >= 11 is 0. The molecule has 0 saturated carbocycles. The zero-order chi connectivity index (χ0) is 38.8. The van der Waals surface area contributed by atoms with Gasteiger partial charge in [0.25, 0.3) is 0 Å². The average molecular weight is 921 g/mol. The molecule has 2 aliphatic rings. The Kier molecular flexibility index (Phi) is 8.52. The van der Waals surface area contributed by atoms with Gasteiger partial charge in [-0.2, -0.15) is 24.3 Å². The van der Waals surface area contributed by atoms with Crippen LogP contribution >= 0.6 is 0 Å².